The summed E-state index contributed by atoms with van der Waals surface area (Å²) in [4.78, 5) is 14.7. The second-order valence-electron chi connectivity index (χ2n) is 5.17. The van der Waals surface area contributed by atoms with E-state index in [0.29, 0.717) is 6.54 Å². The SMILES string of the molecule is CSCCC(C(=O)NCCN1CCOCC1)n1cccc1. The van der Waals surface area contributed by atoms with Gasteiger partial charge in [-0.05, 0) is 30.6 Å². The average molecular weight is 311 g/mol. The van der Waals surface area contributed by atoms with Crippen molar-refractivity contribution in [3.8, 4) is 0 Å². The molecule has 1 unspecified atom stereocenters. The standard InChI is InChI=1S/C15H25N3O2S/c1-21-13-4-14(18-6-2-3-7-18)15(19)16-5-8-17-9-11-20-12-10-17/h2-3,6-7,14H,4-5,8-13H2,1H3,(H,16,19). The van der Waals surface area contributed by atoms with Gasteiger partial charge in [-0.15, -0.1) is 0 Å². The van der Waals surface area contributed by atoms with Crippen molar-refractivity contribution >= 4 is 17.7 Å². The fourth-order valence-electron chi connectivity index (χ4n) is 2.48. The molecule has 6 heteroatoms. The Morgan fingerprint density at radius 1 is 1.33 bits per heavy atom. The molecule has 2 rings (SSSR count). The summed E-state index contributed by atoms with van der Waals surface area (Å²) < 4.78 is 7.32. The molecule has 1 aromatic rings. The number of morpholine rings is 1. The van der Waals surface area contributed by atoms with Gasteiger partial charge in [0.05, 0.1) is 13.2 Å². The van der Waals surface area contributed by atoms with Crippen LogP contribution in [0, 0.1) is 0 Å². The minimum atomic E-state index is -0.0999. The van der Waals surface area contributed by atoms with Gasteiger partial charge in [-0.25, -0.2) is 0 Å². The number of hydrogen-bond donors (Lipinski definition) is 1. The van der Waals surface area contributed by atoms with Crippen LogP contribution in [0.1, 0.15) is 12.5 Å². The molecule has 1 aromatic heterocycles. The third kappa shape index (κ3) is 5.37. The number of ether oxygens (including phenoxy) is 1. The third-order valence-electron chi connectivity index (χ3n) is 3.72. The zero-order valence-electron chi connectivity index (χ0n) is 12.7. The fraction of sp³-hybridized carbons (Fsp3) is 0.667. The van der Waals surface area contributed by atoms with Gasteiger partial charge in [-0.2, -0.15) is 11.8 Å². The molecule has 1 aliphatic rings. The molecule has 118 valence electrons. The summed E-state index contributed by atoms with van der Waals surface area (Å²) in [6.07, 6.45) is 6.86. The minimum Gasteiger partial charge on any atom is -0.379 e. The van der Waals surface area contributed by atoms with Crippen LogP contribution < -0.4 is 5.32 Å². The monoisotopic (exact) mass is 311 g/mol. The second kappa shape index (κ2) is 9.12. The smallest absolute Gasteiger partial charge is 0.243 e. The number of hydrogen-bond acceptors (Lipinski definition) is 4. The van der Waals surface area contributed by atoms with Gasteiger partial charge in [0, 0.05) is 38.6 Å². The Morgan fingerprint density at radius 3 is 2.71 bits per heavy atom. The molecule has 0 aliphatic carbocycles. The summed E-state index contributed by atoms with van der Waals surface area (Å²) in [6.45, 7) is 5.12. The van der Waals surface area contributed by atoms with Gasteiger partial charge in [0.2, 0.25) is 5.91 Å². The van der Waals surface area contributed by atoms with Crippen LogP contribution in [0.4, 0.5) is 0 Å². The highest BCUT2D eigenvalue weighted by Crippen LogP contribution is 2.15. The van der Waals surface area contributed by atoms with Crippen molar-refractivity contribution in [1.29, 1.82) is 0 Å². The van der Waals surface area contributed by atoms with Crippen LogP contribution >= 0.6 is 11.8 Å². The van der Waals surface area contributed by atoms with Crippen molar-refractivity contribution in [3.63, 3.8) is 0 Å². The van der Waals surface area contributed by atoms with Crippen LogP contribution in [0.2, 0.25) is 0 Å². The van der Waals surface area contributed by atoms with E-state index in [4.69, 9.17) is 4.74 Å². The lowest BCUT2D eigenvalue weighted by atomic mass is 10.2. The molecular weight excluding hydrogens is 286 g/mol. The van der Waals surface area contributed by atoms with Crippen molar-refractivity contribution in [2.45, 2.75) is 12.5 Å². The van der Waals surface area contributed by atoms with Crippen LogP contribution in [0.5, 0.6) is 0 Å². The molecule has 0 aromatic carbocycles. The van der Waals surface area contributed by atoms with Crippen molar-refractivity contribution in [2.24, 2.45) is 0 Å². The molecule has 1 atom stereocenters. The van der Waals surface area contributed by atoms with Crippen LogP contribution in [0.25, 0.3) is 0 Å². The topological polar surface area (TPSA) is 46.5 Å². The predicted molar refractivity (Wildman–Crippen MR) is 86.7 cm³/mol. The average Bonchev–Trinajstić information content (AvgIpc) is 3.03. The van der Waals surface area contributed by atoms with Gasteiger partial charge in [-0.3, -0.25) is 9.69 Å². The number of carbonyl (C=O) groups is 1. The van der Waals surface area contributed by atoms with Gasteiger partial charge in [0.1, 0.15) is 6.04 Å². The molecule has 21 heavy (non-hydrogen) atoms. The quantitative estimate of drug-likeness (QED) is 0.784. The fourth-order valence-corrected chi connectivity index (χ4v) is 2.94. The maximum absolute atomic E-state index is 12.4. The highest BCUT2D eigenvalue weighted by molar-refractivity contribution is 7.98. The van der Waals surface area contributed by atoms with E-state index in [-0.39, 0.29) is 11.9 Å². The van der Waals surface area contributed by atoms with Gasteiger partial charge in [0.15, 0.2) is 0 Å². The molecule has 0 saturated carbocycles. The van der Waals surface area contributed by atoms with E-state index in [1.165, 1.54) is 0 Å². The van der Waals surface area contributed by atoms with E-state index in [1.807, 2.05) is 29.1 Å². The third-order valence-corrected chi connectivity index (χ3v) is 4.36. The Labute approximate surface area is 131 Å². The molecule has 0 spiro atoms. The Bertz CT molecular complexity index is 405. The summed E-state index contributed by atoms with van der Waals surface area (Å²) in [5.41, 5.74) is 0. The first-order valence-electron chi connectivity index (χ1n) is 7.50. The largest absolute Gasteiger partial charge is 0.379 e. The van der Waals surface area contributed by atoms with Crippen molar-refractivity contribution in [3.05, 3.63) is 24.5 Å². The van der Waals surface area contributed by atoms with Crippen LogP contribution in [-0.2, 0) is 9.53 Å². The zero-order chi connectivity index (χ0) is 14.9. The van der Waals surface area contributed by atoms with Gasteiger partial charge in [-0.1, -0.05) is 0 Å². The summed E-state index contributed by atoms with van der Waals surface area (Å²) in [5.74, 6) is 1.10. The molecule has 5 nitrogen and oxygen atoms in total. The number of amides is 1. The first-order valence-corrected chi connectivity index (χ1v) is 8.90. The molecule has 0 bridgehead atoms. The van der Waals surface area contributed by atoms with E-state index < -0.39 is 0 Å². The molecule has 1 amide bonds. The minimum absolute atomic E-state index is 0.0999. The van der Waals surface area contributed by atoms with Gasteiger partial charge >= 0.3 is 0 Å². The van der Waals surface area contributed by atoms with E-state index in [9.17, 15) is 4.79 Å². The predicted octanol–water partition coefficient (Wildman–Crippen LogP) is 1.23. The summed E-state index contributed by atoms with van der Waals surface area (Å²) in [6, 6.07) is 3.83. The maximum Gasteiger partial charge on any atom is 0.243 e. The number of nitrogens with zero attached hydrogens (tertiary/aromatic N) is 2. The summed E-state index contributed by atoms with van der Waals surface area (Å²) in [5, 5.41) is 3.08. The molecular formula is C15H25N3O2S. The first-order chi connectivity index (χ1) is 10.3. The molecule has 1 saturated heterocycles. The van der Waals surface area contributed by atoms with Crippen molar-refractivity contribution < 1.29 is 9.53 Å². The molecule has 0 radical (unpaired) electrons. The lowest BCUT2D eigenvalue weighted by Crippen LogP contribution is -2.42. The second-order valence-corrected chi connectivity index (χ2v) is 6.16. The van der Waals surface area contributed by atoms with Crippen molar-refractivity contribution in [1.82, 2.24) is 14.8 Å². The molecule has 1 N–H and O–H groups in total. The highest BCUT2D eigenvalue weighted by Gasteiger charge is 2.19. The van der Waals surface area contributed by atoms with Crippen molar-refractivity contribution in [2.75, 3.05) is 51.4 Å². The van der Waals surface area contributed by atoms with E-state index in [0.717, 1.165) is 45.0 Å². The zero-order valence-corrected chi connectivity index (χ0v) is 13.5. The first kappa shape index (κ1) is 16.4. The Morgan fingerprint density at radius 2 is 2.05 bits per heavy atom. The van der Waals surface area contributed by atoms with Gasteiger partial charge in [0.25, 0.3) is 0 Å². The number of nitrogens with one attached hydrogen (secondary N) is 1. The lowest BCUT2D eigenvalue weighted by molar-refractivity contribution is -0.124. The normalized spacial score (nSPS) is 17.6. The van der Waals surface area contributed by atoms with Crippen LogP contribution in [0.15, 0.2) is 24.5 Å². The number of thioether (sulfide) groups is 1. The highest BCUT2D eigenvalue weighted by atomic mass is 32.2. The summed E-state index contributed by atoms with van der Waals surface area (Å²) in [7, 11) is 0. The Balaban J connectivity index is 1.77. The van der Waals surface area contributed by atoms with Gasteiger partial charge < -0.3 is 14.6 Å². The lowest BCUT2D eigenvalue weighted by Gasteiger charge is -2.27. The Kier molecular flexibility index (Phi) is 7.12. The Hall–Kier alpha value is -0.980. The molecule has 1 fully saturated rings. The molecule has 2 heterocycles. The van der Waals surface area contributed by atoms with E-state index in [1.54, 1.807) is 11.8 Å². The van der Waals surface area contributed by atoms with Crippen LogP contribution in [-0.4, -0.2) is 66.8 Å². The van der Waals surface area contributed by atoms with Crippen LogP contribution in [0.3, 0.4) is 0 Å². The summed E-state index contributed by atoms with van der Waals surface area (Å²) >= 11 is 1.78. The van der Waals surface area contributed by atoms with E-state index >= 15 is 0 Å². The maximum atomic E-state index is 12.4. The number of rotatable bonds is 8. The van der Waals surface area contributed by atoms with E-state index in [2.05, 4.69) is 16.5 Å². The molecule has 1 aliphatic heterocycles. The number of aromatic nitrogens is 1. The number of carbonyl (C=O) groups excluding carboxylic acids is 1.